The van der Waals surface area contributed by atoms with Gasteiger partial charge in [0.15, 0.2) is 0 Å². The predicted molar refractivity (Wildman–Crippen MR) is 130 cm³/mol. The molecule has 1 atom stereocenters. The van der Waals surface area contributed by atoms with Gasteiger partial charge in [0.1, 0.15) is 11.7 Å². The number of allylic oxidation sites excluding steroid dienone is 1. The fourth-order valence-electron chi connectivity index (χ4n) is 3.29. The molecule has 0 fully saturated rings. The fourth-order valence-corrected chi connectivity index (χ4v) is 3.90. The molecule has 6 nitrogen and oxygen atoms in total. The van der Waals surface area contributed by atoms with E-state index < -0.39 is 58.1 Å². The average Bonchev–Trinajstić information content (AvgIpc) is 2.81. The predicted octanol–water partition coefficient (Wildman–Crippen LogP) is 7.88. The number of aryl methyl sites for hydroxylation is 1. The van der Waals surface area contributed by atoms with E-state index in [4.69, 9.17) is 34.8 Å². The molecule has 3 rings (SSSR count). The number of benzene rings is 2. The van der Waals surface area contributed by atoms with Crippen LogP contribution in [0.4, 0.5) is 36.7 Å². The van der Waals surface area contributed by atoms with Crippen LogP contribution in [0.2, 0.25) is 15.1 Å². The summed E-state index contributed by atoms with van der Waals surface area (Å²) < 4.78 is 97.5. The molecule has 16 heteroatoms. The van der Waals surface area contributed by atoms with Gasteiger partial charge in [-0.3, -0.25) is 15.6 Å². The van der Waals surface area contributed by atoms with Gasteiger partial charge in [-0.2, -0.15) is 31.3 Å². The minimum absolute atomic E-state index is 0.0498. The number of aromatic hydroxyl groups is 1. The van der Waals surface area contributed by atoms with Crippen molar-refractivity contribution in [2.24, 2.45) is 0 Å². The Morgan fingerprint density at radius 2 is 1.62 bits per heavy atom. The Labute approximate surface area is 230 Å². The summed E-state index contributed by atoms with van der Waals surface area (Å²) >= 11 is 17.3. The minimum Gasteiger partial charge on any atom is -0.493 e. The average molecular weight is 618 g/mol. The van der Waals surface area contributed by atoms with Crippen molar-refractivity contribution >= 4 is 52.5 Å². The molecular weight excluding hydrogens is 604 g/mol. The Kier molecular flexibility index (Phi) is 8.88. The zero-order chi connectivity index (χ0) is 29.3. The highest BCUT2D eigenvalue weighted by Crippen LogP contribution is 2.42. The number of aromatic nitrogens is 2. The maximum Gasteiger partial charge on any atom is 0.417 e. The number of carbonyl (C=O) groups excluding carboxylic acids is 1. The summed E-state index contributed by atoms with van der Waals surface area (Å²) in [5.41, 5.74) is 0.155. The number of halogens is 10. The highest BCUT2D eigenvalue weighted by atomic mass is 35.5. The quantitative estimate of drug-likeness (QED) is 0.149. The third-order valence-electron chi connectivity index (χ3n) is 5.00. The molecule has 0 aliphatic heterocycles. The van der Waals surface area contributed by atoms with Crippen LogP contribution in [-0.4, -0.2) is 27.2 Å². The molecule has 0 saturated heterocycles. The highest BCUT2D eigenvalue weighted by Gasteiger charge is 2.41. The lowest BCUT2D eigenvalue weighted by atomic mass is 9.95. The van der Waals surface area contributed by atoms with Crippen LogP contribution in [0.25, 0.3) is 5.83 Å². The van der Waals surface area contributed by atoms with Gasteiger partial charge in [0, 0.05) is 17.3 Å². The summed E-state index contributed by atoms with van der Waals surface area (Å²) in [5, 5.41) is 8.51. The van der Waals surface area contributed by atoms with Crippen LogP contribution in [0.15, 0.2) is 42.5 Å². The number of amides is 1. The monoisotopic (exact) mass is 616 g/mol. The number of rotatable bonds is 6. The zero-order valence-electron chi connectivity index (χ0n) is 19.1. The Morgan fingerprint density at radius 1 is 1.00 bits per heavy atom. The van der Waals surface area contributed by atoms with Crippen molar-refractivity contribution < 1.29 is 40.6 Å². The van der Waals surface area contributed by atoms with E-state index in [2.05, 4.69) is 15.4 Å². The van der Waals surface area contributed by atoms with Crippen molar-refractivity contribution in [3.05, 3.63) is 85.5 Å². The largest absolute Gasteiger partial charge is 0.493 e. The second-order valence-electron chi connectivity index (χ2n) is 7.86. The highest BCUT2D eigenvalue weighted by molar-refractivity contribution is 6.48. The van der Waals surface area contributed by atoms with Crippen molar-refractivity contribution in [2.45, 2.75) is 25.2 Å². The number of anilines is 1. The van der Waals surface area contributed by atoms with Gasteiger partial charge in [-0.15, -0.1) is 0 Å². The van der Waals surface area contributed by atoms with Crippen molar-refractivity contribution in [1.29, 1.82) is 0 Å². The summed E-state index contributed by atoms with van der Waals surface area (Å²) in [6.07, 6.45) is -10.3. The lowest BCUT2D eigenvalue weighted by Gasteiger charge is -2.19. The van der Waals surface area contributed by atoms with Gasteiger partial charge in [-0.05, 0) is 42.8 Å². The third-order valence-corrected chi connectivity index (χ3v) is 6.20. The molecule has 0 spiro atoms. The van der Waals surface area contributed by atoms with Crippen molar-refractivity contribution in [3.63, 3.8) is 0 Å². The first kappa shape index (κ1) is 30.3. The van der Waals surface area contributed by atoms with Gasteiger partial charge in [-0.1, -0.05) is 40.9 Å². The summed E-state index contributed by atoms with van der Waals surface area (Å²) in [6.45, 7) is 1.47. The zero-order valence-corrected chi connectivity index (χ0v) is 21.4. The summed E-state index contributed by atoms with van der Waals surface area (Å²) in [4.78, 5) is 19.8. The van der Waals surface area contributed by atoms with Gasteiger partial charge < -0.3 is 5.11 Å². The van der Waals surface area contributed by atoms with Crippen LogP contribution in [0.1, 0.15) is 38.7 Å². The molecule has 0 bridgehead atoms. The minimum atomic E-state index is -5.21. The second-order valence-corrected chi connectivity index (χ2v) is 9.05. The molecule has 1 aromatic heterocycles. The third kappa shape index (κ3) is 7.43. The molecule has 208 valence electrons. The SMILES string of the molecule is Cc1cc(O)nc(NNC(=O)c2ccc(/C(F)=C/C(c3cc(Cl)c(Cl)c(Cl)c3)C(F)(F)F)cc2C(F)(F)F)n1. The van der Waals surface area contributed by atoms with E-state index in [9.17, 15) is 40.6 Å². The first-order valence-corrected chi connectivity index (χ1v) is 11.5. The number of hydrogen-bond acceptors (Lipinski definition) is 5. The Morgan fingerprint density at radius 3 is 2.15 bits per heavy atom. The first-order chi connectivity index (χ1) is 18.0. The molecule has 0 saturated carbocycles. The van der Waals surface area contributed by atoms with Crippen molar-refractivity contribution in [1.82, 2.24) is 15.4 Å². The van der Waals surface area contributed by atoms with Crippen molar-refractivity contribution in [2.75, 3.05) is 5.43 Å². The van der Waals surface area contributed by atoms with Crippen molar-refractivity contribution in [3.8, 4) is 5.88 Å². The van der Waals surface area contributed by atoms with Crippen LogP contribution in [0.3, 0.4) is 0 Å². The van der Waals surface area contributed by atoms with E-state index in [1.54, 1.807) is 0 Å². The molecular formula is C23H14Cl3F7N4O2. The summed E-state index contributed by atoms with van der Waals surface area (Å²) in [6, 6.07) is 4.24. The van der Waals surface area contributed by atoms with E-state index in [-0.39, 0.29) is 38.9 Å². The van der Waals surface area contributed by atoms with Crippen LogP contribution in [-0.2, 0) is 6.18 Å². The van der Waals surface area contributed by atoms with E-state index in [1.165, 1.54) is 13.0 Å². The molecule has 0 aliphatic carbocycles. The van der Waals surface area contributed by atoms with Crippen LogP contribution in [0, 0.1) is 6.92 Å². The fraction of sp³-hybridized carbons (Fsp3) is 0.174. The lowest BCUT2D eigenvalue weighted by Crippen LogP contribution is -2.32. The molecule has 3 N–H and O–H groups in total. The molecule has 3 aromatic rings. The topological polar surface area (TPSA) is 87.1 Å². The molecule has 1 unspecified atom stereocenters. The van der Waals surface area contributed by atoms with Gasteiger partial charge in [0.25, 0.3) is 5.91 Å². The molecule has 0 radical (unpaired) electrons. The van der Waals surface area contributed by atoms with Crippen LogP contribution < -0.4 is 10.9 Å². The Balaban J connectivity index is 1.98. The first-order valence-electron chi connectivity index (χ1n) is 10.4. The summed E-state index contributed by atoms with van der Waals surface area (Å²) in [5.74, 6) is -6.51. The molecule has 1 heterocycles. The number of hydrazine groups is 1. The van der Waals surface area contributed by atoms with Gasteiger partial charge in [0.05, 0.1) is 26.2 Å². The number of nitrogens with zero attached hydrogens (tertiary/aromatic N) is 2. The van der Waals surface area contributed by atoms with E-state index in [0.717, 1.165) is 12.1 Å². The van der Waals surface area contributed by atoms with Crippen LogP contribution >= 0.6 is 34.8 Å². The maximum atomic E-state index is 15.0. The standard InChI is InChI=1S/C23H14Cl3F7N4O2/c1-9-4-18(38)35-21(34-9)37-36-20(39)12-3-2-10(5-14(12)23(31,32)33)17(27)8-13(22(28,29)30)11-6-15(24)19(26)16(25)7-11/h2-8,13H,1H3,(H,36,39)(H2,34,35,37,38)/b17-8-. The second kappa shape index (κ2) is 11.4. The normalized spacial score (nSPS) is 13.3. The van der Waals surface area contributed by atoms with E-state index in [0.29, 0.717) is 12.1 Å². The molecule has 39 heavy (non-hydrogen) atoms. The molecule has 1 amide bonds. The number of nitrogens with one attached hydrogen (secondary N) is 2. The number of carbonyl (C=O) groups is 1. The van der Waals surface area contributed by atoms with E-state index in [1.807, 2.05) is 5.43 Å². The smallest absolute Gasteiger partial charge is 0.417 e. The van der Waals surface area contributed by atoms with E-state index >= 15 is 0 Å². The molecule has 2 aromatic carbocycles. The van der Waals surface area contributed by atoms with Gasteiger partial charge in [-0.25, -0.2) is 9.37 Å². The number of hydrogen-bond donors (Lipinski definition) is 3. The maximum absolute atomic E-state index is 15.0. The summed E-state index contributed by atoms with van der Waals surface area (Å²) in [7, 11) is 0. The van der Waals surface area contributed by atoms with Gasteiger partial charge >= 0.3 is 12.4 Å². The Hall–Kier alpha value is -3.29. The van der Waals surface area contributed by atoms with Gasteiger partial charge in [0.2, 0.25) is 11.8 Å². The Bertz CT molecular complexity index is 1400. The van der Waals surface area contributed by atoms with Crippen LogP contribution in [0.5, 0.6) is 5.88 Å². The number of alkyl halides is 6. The lowest BCUT2D eigenvalue weighted by molar-refractivity contribution is -0.140. The molecule has 0 aliphatic rings.